The summed E-state index contributed by atoms with van der Waals surface area (Å²) >= 11 is 0. The van der Waals surface area contributed by atoms with Crippen LogP contribution in [0.2, 0.25) is 0 Å². The van der Waals surface area contributed by atoms with Crippen LogP contribution in [-0.4, -0.2) is 28.6 Å². The second kappa shape index (κ2) is 8.41. The molecule has 0 amide bonds. The molecule has 0 heterocycles. The van der Waals surface area contributed by atoms with Crippen LogP contribution in [0.25, 0.3) is 0 Å². The van der Waals surface area contributed by atoms with Crippen LogP contribution in [0.1, 0.15) is 45.2 Å². The molecular weight excluding hydrogens is 270 g/mol. The molecule has 0 aromatic heterocycles. The maximum Gasteiger partial charge on any atom is 0.508 e. The molecule has 20 heavy (non-hydrogen) atoms. The van der Waals surface area contributed by atoms with Gasteiger partial charge in [-0.2, -0.15) is 0 Å². The van der Waals surface area contributed by atoms with Crippen molar-refractivity contribution in [3.8, 4) is 0 Å². The molecule has 0 aliphatic rings. The van der Waals surface area contributed by atoms with Crippen molar-refractivity contribution < 1.29 is 13.3 Å². The molecule has 2 N–H and O–H groups in total. The third-order valence-electron chi connectivity index (χ3n) is 3.21. The summed E-state index contributed by atoms with van der Waals surface area (Å²) < 4.78 is 18.0. The van der Waals surface area contributed by atoms with Gasteiger partial charge in [0.2, 0.25) is 0 Å². The molecule has 1 aromatic rings. The Balaban J connectivity index is 3.14. The van der Waals surface area contributed by atoms with E-state index in [1.54, 1.807) is 0 Å². The van der Waals surface area contributed by atoms with E-state index in [9.17, 15) is 0 Å². The highest BCUT2D eigenvalue weighted by Gasteiger charge is 2.49. The van der Waals surface area contributed by atoms with Gasteiger partial charge < -0.3 is 19.0 Å². The zero-order valence-corrected chi connectivity index (χ0v) is 14.0. The minimum Gasteiger partial charge on any atom is -0.399 e. The maximum atomic E-state index is 6.01. The Bertz CT molecular complexity index is 366. The Morgan fingerprint density at radius 3 is 1.70 bits per heavy atom. The Morgan fingerprint density at radius 2 is 1.35 bits per heavy atom. The standard InChI is InChI=1S/C15H27NO3Si/c1-5-15(13-9-11-14(16)12-10-13)20(17-6-2,18-7-3)19-8-4/h9-12,15H,5-8,16H2,1-4H3. The molecular formula is C15H27NO3Si. The lowest BCUT2D eigenvalue weighted by Gasteiger charge is -2.35. The molecule has 1 aromatic carbocycles. The lowest BCUT2D eigenvalue weighted by Crippen LogP contribution is -2.51. The first kappa shape index (κ1) is 17.2. The van der Waals surface area contributed by atoms with E-state index in [1.807, 2.05) is 45.0 Å². The lowest BCUT2D eigenvalue weighted by atomic mass is 10.1. The number of nitrogen functional groups attached to an aromatic ring is 1. The predicted molar refractivity (Wildman–Crippen MR) is 84.5 cm³/mol. The summed E-state index contributed by atoms with van der Waals surface area (Å²) in [6, 6.07) is 7.92. The van der Waals surface area contributed by atoms with E-state index < -0.39 is 8.80 Å². The fourth-order valence-electron chi connectivity index (χ4n) is 2.45. The molecule has 4 nitrogen and oxygen atoms in total. The monoisotopic (exact) mass is 297 g/mol. The van der Waals surface area contributed by atoms with Gasteiger partial charge in [-0.25, -0.2) is 0 Å². The minimum atomic E-state index is -2.72. The summed E-state index contributed by atoms with van der Waals surface area (Å²) in [5.41, 5.74) is 7.85. The summed E-state index contributed by atoms with van der Waals surface area (Å²) in [6.45, 7) is 9.87. The number of hydrogen-bond acceptors (Lipinski definition) is 4. The van der Waals surface area contributed by atoms with Gasteiger partial charge in [-0.15, -0.1) is 0 Å². The SMILES string of the molecule is CCO[Si](OCC)(OCC)C(CC)c1ccc(N)cc1. The summed E-state index contributed by atoms with van der Waals surface area (Å²) in [5.74, 6) is 0. The normalized spacial score (nSPS) is 13.4. The first-order valence-corrected chi connectivity index (χ1v) is 9.20. The van der Waals surface area contributed by atoms with Crippen molar-refractivity contribution in [3.05, 3.63) is 29.8 Å². The smallest absolute Gasteiger partial charge is 0.399 e. The first-order valence-electron chi connectivity index (χ1n) is 7.40. The van der Waals surface area contributed by atoms with E-state index in [2.05, 4.69) is 6.92 Å². The van der Waals surface area contributed by atoms with Crippen molar-refractivity contribution in [3.63, 3.8) is 0 Å². The Labute approximate surface area is 123 Å². The highest BCUT2D eigenvalue weighted by atomic mass is 28.4. The molecule has 0 radical (unpaired) electrons. The number of anilines is 1. The fraction of sp³-hybridized carbons (Fsp3) is 0.600. The molecule has 0 aliphatic heterocycles. The van der Waals surface area contributed by atoms with Crippen LogP contribution in [-0.2, 0) is 13.3 Å². The van der Waals surface area contributed by atoms with Gasteiger partial charge in [0.25, 0.3) is 0 Å². The molecule has 1 unspecified atom stereocenters. The largest absolute Gasteiger partial charge is 0.508 e. The molecule has 0 saturated carbocycles. The number of rotatable bonds is 9. The van der Waals surface area contributed by atoms with Crippen LogP contribution in [0.15, 0.2) is 24.3 Å². The second-order valence-corrected chi connectivity index (χ2v) is 7.30. The zero-order valence-electron chi connectivity index (χ0n) is 13.0. The van der Waals surface area contributed by atoms with Gasteiger partial charge in [0.1, 0.15) is 0 Å². The highest BCUT2D eigenvalue weighted by Crippen LogP contribution is 2.33. The van der Waals surface area contributed by atoms with Crippen molar-refractivity contribution in [2.75, 3.05) is 25.6 Å². The molecule has 0 saturated heterocycles. The van der Waals surface area contributed by atoms with Crippen molar-refractivity contribution >= 4 is 14.5 Å². The van der Waals surface area contributed by atoms with Crippen LogP contribution < -0.4 is 5.73 Å². The minimum absolute atomic E-state index is 0.142. The van der Waals surface area contributed by atoms with Crippen molar-refractivity contribution in [2.45, 2.75) is 39.7 Å². The van der Waals surface area contributed by atoms with Crippen LogP contribution in [0.4, 0.5) is 5.69 Å². The molecule has 0 spiro atoms. The van der Waals surface area contributed by atoms with Crippen LogP contribution in [0, 0.1) is 0 Å². The topological polar surface area (TPSA) is 53.7 Å². The van der Waals surface area contributed by atoms with E-state index in [-0.39, 0.29) is 5.54 Å². The average molecular weight is 297 g/mol. The van der Waals surface area contributed by atoms with E-state index in [0.29, 0.717) is 19.8 Å². The van der Waals surface area contributed by atoms with Crippen LogP contribution >= 0.6 is 0 Å². The number of nitrogens with two attached hydrogens (primary N) is 1. The second-order valence-electron chi connectivity index (χ2n) is 4.53. The summed E-state index contributed by atoms with van der Waals surface area (Å²) in [6.07, 6.45) is 0.913. The molecule has 1 rings (SSSR count). The molecule has 0 fully saturated rings. The number of benzene rings is 1. The maximum absolute atomic E-state index is 6.01. The van der Waals surface area contributed by atoms with Gasteiger partial charge in [-0.05, 0) is 44.9 Å². The number of hydrogen-bond donors (Lipinski definition) is 1. The molecule has 5 heteroatoms. The summed E-state index contributed by atoms with van der Waals surface area (Å²) in [5, 5.41) is 0. The first-order chi connectivity index (χ1) is 9.63. The van der Waals surface area contributed by atoms with E-state index in [4.69, 9.17) is 19.0 Å². The van der Waals surface area contributed by atoms with Crippen LogP contribution in [0.3, 0.4) is 0 Å². The van der Waals surface area contributed by atoms with Crippen LogP contribution in [0.5, 0.6) is 0 Å². The van der Waals surface area contributed by atoms with Gasteiger partial charge in [0.15, 0.2) is 0 Å². The van der Waals surface area contributed by atoms with Crippen molar-refractivity contribution in [2.24, 2.45) is 0 Å². The highest BCUT2D eigenvalue weighted by molar-refractivity contribution is 6.62. The van der Waals surface area contributed by atoms with Gasteiger partial charge in [-0.1, -0.05) is 19.1 Å². The van der Waals surface area contributed by atoms with E-state index in [1.165, 1.54) is 5.56 Å². The van der Waals surface area contributed by atoms with E-state index in [0.717, 1.165) is 12.1 Å². The summed E-state index contributed by atoms with van der Waals surface area (Å²) in [7, 11) is -2.72. The van der Waals surface area contributed by atoms with Gasteiger partial charge >= 0.3 is 8.80 Å². The average Bonchev–Trinajstić information content (AvgIpc) is 2.42. The molecule has 0 bridgehead atoms. The zero-order chi connectivity index (χ0) is 15.0. The Hall–Kier alpha value is -0.883. The quantitative estimate of drug-likeness (QED) is 0.561. The molecule has 0 aliphatic carbocycles. The van der Waals surface area contributed by atoms with Gasteiger partial charge in [-0.3, -0.25) is 0 Å². The Kier molecular flexibility index (Phi) is 7.22. The Morgan fingerprint density at radius 1 is 0.900 bits per heavy atom. The lowest BCUT2D eigenvalue weighted by molar-refractivity contribution is 0.0611. The van der Waals surface area contributed by atoms with Crippen molar-refractivity contribution in [1.82, 2.24) is 0 Å². The predicted octanol–water partition coefficient (Wildman–Crippen LogP) is 3.35. The fourth-order valence-corrected chi connectivity index (χ4v) is 5.61. The van der Waals surface area contributed by atoms with Gasteiger partial charge in [0, 0.05) is 25.5 Å². The third-order valence-corrected chi connectivity index (χ3v) is 6.88. The van der Waals surface area contributed by atoms with E-state index >= 15 is 0 Å². The summed E-state index contributed by atoms with van der Waals surface area (Å²) in [4.78, 5) is 0. The molecule has 1 atom stereocenters. The third kappa shape index (κ3) is 4.05. The van der Waals surface area contributed by atoms with Gasteiger partial charge in [0.05, 0.1) is 5.54 Å². The van der Waals surface area contributed by atoms with Crippen molar-refractivity contribution in [1.29, 1.82) is 0 Å². The molecule has 114 valence electrons.